The van der Waals surface area contributed by atoms with Crippen LogP contribution >= 0.6 is 0 Å². The van der Waals surface area contributed by atoms with Crippen LogP contribution in [0.3, 0.4) is 0 Å². The smallest absolute Gasteiger partial charge is 0.235 e. The number of fused-ring (bicyclic) bond motifs is 1. The lowest BCUT2D eigenvalue weighted by Crippen LogP contribution is -2.48. The molecular weight excluding hydrogens is 328 g/mol. The van der Waals surface area contributed by atoms with Gasteiger partial charge in [0.05, 0.1) is 12.6 Å². The highest BCUT2D eigenvalue weighted by molar-refractivity contribution is 5.80. The topological polar surface area (TPSA) is 71.7 Å². The zero-order chi connectivity index (χ0) is 18.5. The molecule has 2 heterocycles. The third kappa shape index (κ3) is 4.20. The van der Waals surface area contributed by atoms with Gasteiger partial charge in [0.1, 0.15) is 5.82 Å². The Kier molecular flexibility index (Phi) is 5.85. The third-order valence-electron chi connectivity index (χ3n) is 4.89. The van der Waals surface area contributed by atoms with E-state index in [2.05, 4.69) is 33.0 Å². The molecule has 0 fully saturated rings. The van der Waals surface area contributed by atoms with Crippen molar-refractivity contribution in [1.82, 2.24) is 9.88 Å². The number of benzene rings is 1. The van der Waals surface area contributed by atoms with E-state index in [0.717, 1.165) is 24.5 Å². The molecule has 0 spiro atoms. The standard InChI is InChI=1S/C20H26N4O2/c1-23(9-10-26-2)19-8-7-15(12-22-19)13-24-14-17-6-4-3-5-16(17)11-18(24)20(21)25/h3-8,12,18H,9-11,13-14H2,1-2H3,(H2,21,25). The molecule has 1 aliphatic rings. The Morgan fingerprint density at radius 3 is 2.73 bits per heavy atom. The lowest BCUT2D eigenvalue weighted by Gasteiger charge is -2.35. The maximum Gasteiger partial charge on any atom is 0.235 e. The number of likely N-dealkylation sites (N-methyl/N-ethyl adjacent to an activating group) is 1. The molecule has 1 aromatic carbocycles. The number of hydrogen-bond donors (Lipinski definition) is 1. The molecule has 0 bridgehead atoms. The second kappa shape index (κ2) is 8.29. The predicted octanol–water partition coefficient (Wildman–Crippen LogP) is 1.58. The van der Waals surface area contributed by atoms with Crippen molar-refractivity contribution < 1.29 is 9.53 Å². The van der Waals surface area contributed by atoms with Crippen molar-refractivity contribution in [2.45, 2.75) is 25.6 Å². The monoisotopic (exact) mass is 354 g/mol. The number of primary amides is 1. The van der Waals surface area contributed by atoms with Crippen LogP contribution in [0.25, 0.3) is 0 Å². The third-order valence-corrected chi connectivity index (χ3v) is 4.89. The van der Waals surface area contributed by atoms with Gasteiger partial charge in [0.25, 0.3) is 0 Å². The molecule has 2 aromatic rings. The van der Waals surface area contributed by atoms with E-state index in [4.69, 9.17) is 10.5 Å². The number of pyridine rings is 1. The summed E-state index contributed by atoms with van der Waals surface area (Å²) in [7, 11) is 3.68. The summed E-state index contributed by atoms with van der Waals surface area (Å²) >= 11 is 0. The summed E-state index contributed by atoms with van der Waals surface area (Å²) in [5.74, 6) is 0.629. The zero-order valence-electron chi connectivity index (χ0n) is 15.4. The summed E-state index contributed by atoms with van der Waals surface area (Å²) < 4.78 is 5.10. The van der Waals surface area contributed by atoms with Crippen LogP contribution in [0, 0.1) is 0 Å². The van der Waals surface area contributed by atoms with E-state index < -0.39 is 0 Å². The number of amides is 1. The minimum absolute atomic E-state index is 0.275. The summed E-state index contributed by atoms with van der Waals surface area (Å²) in [4.78, 5) is 20.7. The Morgan fingerprint density at radius 2 is 2.08 bits per heavy atom. The van der Waals surface area contributed by atoms with Gasteiger partial charge in [-0.05, 0) is 29.2 Å². The van der Waals surface area contributed by atoms with Crippen LogP contribution in [0.2, 0.25) is 0 Å². The van der Waals surface area contributed by atoms with Crippen LogP contribution < -0.4 is 10.6 Å². The Labute approximate surface area is 154 Å². The lowest BCUT2D eigenvalue weighted by molar-refractivity contribution is -0.124. The fourth-order valence-corrected chi connectivity index (χ4v) is 3.34. The highest BCUT2D eigenvalue weighted by Crippen LogP contribution is 2.25. The van der Waals surface area contributed by atoms with Gasteiger partial charge in [-0.1, -0.05) is 30.3 Å². The molecule has 26 heavy (non-hydrogen) atoms. The number of carbonyl (C=O) groups is 1. The minimum atomic E-state index is -0.283. The Hall–Kier alpha value is -2.44. The first kappa shape index (κ1) is 18.4. The van der Waals surface area contributed by atoms with E-state index in [1.54, 1.807) is 7.11 Å². The van der Waals surface area contributed by atoms with Gasteiger partial charge in [-0.2, -0.15) is 0 Å². The second-order valence-corrected chi connectivity index (χ2v) is 6.73. The number of anilines is 1. The number of ether oxygens (including phenoxy) is 1. The van der Waals surface area contributed by atoms with E-state index in [0.29, 0.717) is 19.6 Å². The van der Waals surface area contributed by atoms with Crippen LogP contribution in [0.1, 0.15) is 16.7 Å². The van der Waals surface area contributed by atoms with E-state index in [1.807, 2.05) is 31.4 Å². The molecule has 0 radical (unpaired) electrons. The number of methoxy groups -OCH3 is 1. The van der Waals surface area contributed by atoms with Gasteiger partial charge in [0.15, 0.2) is 0 Å². The van der Waals surface area contributed by atoms with Crippen molar-refractivity contribution >= 4 is 11.7 Å². The normalized spacial score (nSPS) is 16.9. The molecule has 1 amide bonds. The summed E-state index contributed by atoms with van der Waals surface area (Å²) in [6, 6.07) is 12.0. The van der Waals surface area contributed by atoms with Crippen LogP contribution in [0.5, 0.6) is 0 Å². The van der Waals surface area contributed by atoms with Crippen LogP contribution in [0.15, 0.2) is 42.6 Å². The summed E-state index contributed by atoms with van der Waals surface area (Å²) in [5, 5.41) is 0. The molecule has 1 unspecified atom stereocenters. The van der Waals surface area contributed by atoms with Gasteiger partial charge in [-0.15, -0.1) is 0 Å². The molecule has 138 valence electrons. The van der Waals surface area contributed by atoms with E-state index in [9.17, 15) is 4.79 Å². The highest BCUT2D eigenvalue weighted by Gasteiger charge is 2.29. The molecule has 6 heteroatoms. The molecule has 2 N–H and O–H groups in total. The molecule has 6 nitrogen and oxygen atoms in total. The Bertz CT molecular complexity index is 748. The molecular formula is C20H26N4O2. The van der Waals surface area contributed by atoms with Crippen molar-refractivity contribution in [2.24, 2.45) is 5.73 Å². The predicted molar refractivity (Wildman–Crippen MR) is 102 cm³/mol. The van der Waals surface area contributed by atoms with Gasteiger partial charge in [-0.3, -0.25) is 9.69 Å². The van der Waals surface area contributed by atoms with Crippen molar-refractivity contribution in [2.75, 3.05) is 32.2 Å². The molecule has 0 saturated carbocycles. The van der Waals surface area contributed by atoms with E-state index in [-0.39, 0.29) is 11.9 Å². The van der Waals surface area contributed by atoms with Crippen molar-refractivity contribution in [3.63, 3.8) is 0 Å². The van der Waals surface area contributed by atoms with Crippen LogP contribution in [0.4, 0.5) is 5.82 Å². The lowest BCUT2D eigenvalue weighted by atomic mass is 9.93. The summed E-state index contributed by atoms with van der Waals surface area (Å²) in [6.45, 7) is 2.82. The summed E-state index contributed by atoms with van der Waals surface area (Å²) in [6.07, 6.45) is 2.54. The first-order chi connectivity index (χ1) is 12.6. The van der Waals surface area contributed by atoms with E-state index >= 15 is 0 Å². The average molecular weight is 354 g/mol. The first-order valence-corrected chi connectivity index (χ1v) is 8.83. The number of carbonyl (C=O) groups excluding carboxylic acids is 1. The molecule has 3 rings (SSSR count). The maximum atomic E-state index is 12.0. The molecule has 1 aromatic heterocycles. The van der Waals surface area contributed by atoms with Gasteiger partial charge in [0, 0.05) is 40.0 Å². The maximum absolute atomic E-state index is 12.0. The number of rotatable bonds is 7. The van der Waals surface area contributed by atoms with Gasteiger partial charge >= 0.3 is 0 Å². The second-order valence-electron chi connectivity index (χ2n) is 6.73. The SMILES string of the molecule is COCCN(C)c1ccc(CN2Cc3ccccc3CC2C(N)=O)cn1. The van der Waals surface area contributed by atoms with Crippen molar-refractivity contribution in [1.29, 1.82) is 0 Å². The molecule has 1 atom stereocenters. The first-order valence-electron chi connectivity index (χ1n) is 8.83. The number of nitrogens with zero attached hydrogens (tertiary/aromatic N) is 3. The molecule has 0 aliphatic carbocycles. The van der Waals surface area contributed by atoms with Crippen molar-refractivity contribution in [3.05, 3.63) is 59.3 Å². The molecule has 0 saturated heterocycles. The largest absolute Gasteiger partial charge is 0.383 e. The van der Waals surface area contributed by atoms with Gasteiger partial charge < -0.3 is 15.4 Å². The fraction of sp³-hybridized carbons (Fsp3) is 0.400. The van der Waals surface area contributed by atoms with Crippen LogP contribution in [-0.4, -0.2) is 49.1 Å². The van der Waals surface area contributed by atoms with Gasteiger partial charge in [0.2, 0.25) is 5.91 Å². The van der Waals surface area contributed by atoms with Crippen LogP contribution in [-0.2, 0) is 29.0 Å². The number of nitrogens with two attached hydrogens (primary N) is 1. The summed E-state index contributed by atoms with van der Waals surface area (Å²) in [5.41, 5.74) is 9.20. The Balaban J connectivity index is 1.71. The number of hydrogen-bond acceptors (Lipinski definition) is 5. The zero-order valence-corrected chi connectivity index (χ0v) is 15.4. The Morgan fingerprint density at radius 1 is 1.31 bits per heavy atom. The van der Waals surface area contributed by atoms with E-state index in [1.165, 1.54) is 11.1 Å². The quantitative estimate of drug-likeness (QED) is 0.817. The van der Waals surface area contributed by atoms with Crippen molar-refractivity contribution in [3.8, 4) is 0 Å². The average Bonchev–Trinajstić information content (AvgIpc) is 2.66. The molecule has 1 aliphatic heterocycles. The fourth-order valence-electron chi connectivity index (χ4n) is 3.34. The minimum Gasteiger partial charge on any atom is -0.383 e. The van der Waals surface area contributed by atoms with Gasteiger partial charge in [-0.25, -0.2) is 4.98 Å². The highest BCUT2D eigenvalue weighted by atomic mass is 16.5. The number of aromatic nitrogens is 1.